The van der Waals surface area contributed by atoms with Gasteiger partial charge >= 0.3 is 0 Å². The van der Waals surface area contributed by atoms with E-state index in [0.717, 1.165) is 18.2 Å². The summed E-state index contributed by atoms with van der Waals surface area (Å²) in [6.07, 6.45) is 7.92. The van der Waals surface area contributed by atoms with Crippen molar-refractivity contribution in [3.05, 3.63) is 0 Å². The lowest BCUT2D eigenvalue weighted by Gasteiger charge is -2.26. The minimum atomic E-state index is -2.99. The molecule has 0 spiro atoms. The van der Waals surface area contributed by atoms with Gasteiger partial charge in [0.1, 0.15) is 0 Å². The van der Waals surface area contributed by atoms with Crippen molar-refractivity contribution in [3.63, 3.8) is 0 Å². The summed E-state index contributed by atoms with van der Waals surface area (Å²) < 4.78 is 22.9. The van der Waals surface area contributed by atoms with Gasteiger partial charge in [0.05, 0.1) is 18.1 Å². The van der Waals surface area contributed by atoms with Crippen LogP contribution >= 0.6 is 15.9 Å². The summed E-state index contributed by atoms with van der Waals surface area (Å²) in [7, 11) is -2.99. The smallest absolute Gasteiger partial charge is 0.223 e. The summed E-state index contributed by atoms with van der Waals surface area (Å²) in [6, 6.07) is -0.234. The summed E-state index contributed by atoms with van der Waals surface area (Å²) >= 11 is 3.31. The largest absolute Gasteiger partial charge is 0.328 e. The van der Waals surface area contributed by atoms with Crippen molar-refractivity contribution in [3.8, 4) is 12.3 Å². The van der Waals surface area contributed by atoms with Crippen molar-refractivity contribution in [1.29, 1.82) is 0 Å². The molecule has 4 nitrogen and oxygen atoms in total. The van der Waals surface area contributed by atoms with Crippen LogP contribution in [0.5, 0.6) is 0 Å². The zero-order valence-corrected chi connectivity index (χ0v) is 12.7. The van der Waals surface area contributed by atoms with E-state index in [2.05, 4.69) is 21.9 Å². The van der Waals surface area contributed by atoms with Crippen molar-refractivity contribution < 1.29 is 13.2 Å². The minimum Gasteiger partial charge on any atom is -0.328 e. The molecule has 1 saturated heterocycles. The third-order valence-corrected chi connectivity index (χ3v) is 5.32. The Bertz CT molecular complexity index is 427. The minimum absolute atomic E-state index is 0.0315. The average molecular weight is 336 g/mol. The van der Waals surface area contributed by atoms with Gasteiger partial charge in [0.2, 0.25) is 5.91 Å². The molecule has 1 heterocycles. The van der Waals surface area contributed by atoms with E-state index >= 15 is 0 Å². The predicted octanol–water partition coefficient (Wildman–Crippen LogP) is 1.20. The van der Waals surface area contributed by atoms with Crippen LogP contribution in [0.3, 0.4) is 0 Å². The maximum Gasteiger partial charge on any atom is 0.223 e. The molecule has 0 aliphatic carbocycles. The standard InChI is InChI=1S/C12H18BrNO3S/c1-2-8-14(12(15)5-3-4-7-13)11-6-9-18(16,17)10-11/h1,11H,3-10H2. The van der Waals surface area contributed by atoms with Crippen molar-refractivity contribution in [2.45, 2.75) is 31.7 Å². The SMILES string of the molecule is C#CCN(C(=O)CCCCBr)C1CCS(=O)(=O)C1. The fourth-order valence-corrected chi connectivity index (χ4v) is 4.18. The second kappa shape index (κ2) is 7.15. The Morgan fingerprint density at radius 3 is 2.67 bits per heavy atom. The molecule has 1 aliphatic heterocycles. The molecule has 1 amide bonds. The number of carbonyl (C=O) groups excluding carboxylic acids is 1. The Morgan fingerprint density at radius 2 is 2.17 bits per heavy atom. The maximum absolute atomic E-state index is 12.0. The molecule has 0 aromatic rings. The van der Waals surface area contributed by atoms with Crippen LogP contribution in [0.1, 0.15) is 25.7 Å². The number of halogens is 1. The van der Waals surface area contributed by atoms with E-state index in [4.69, 9.17) is 6.42 Å². The van der Waals surface area contributed by atoms with Gasteiger partial charge in [-0.2, -0.15) is 0 Å². The zero-order chi connectivity index (χ0) is 13.6. The van der Waals surface area contributed by atoms with Crippen LogP contribution in [-0.2, 0) is 14.6 Å². The molecule has 1 rings (SSSR count). The summed E-state index contributed by atoms with van der Waals surface area (Å²) in [6.45, 7) is 0.202. The lowest BCUT2D eigenvalue weighted by atomic mass is 10.1. The third kappa shape index (κ3) is 4.62. The fourth-order valence-electron chi connectivity index (χ4n) is 2.05. The lowest BCUT2D eigenvalue weighted by Crippen LogP contribution is -2.41. The van der Waals surface area contributed by atoms with Crippen molar-refractivity contribution >= 4 is 31.7 Å². The monoisotopic (exact) mass is 335 g/mol. The van der Waals surface area contributed by atoms with Crippen LogP contribution in [0.15, 0.2) is 0 Å². The van der Waals surface area contributed by atoms with Crippen LogP contribution < -0.4 is 0 Å². The van der Waals surface area contributed by atoms with Crippen molar-refractivity contribution in [2.24, 2.45) is 0 Å². The van der Waals surface area contributed by atoms with Crippen LogP contribution in [0.2, 0.25) is 0 Å². The molecule has 0 aromatic heterocycles. The summed E-state index contributed by atoms with van der Waals surface area (Å²) in [5, 5.41) is 0.868. The van der Waals surface area contributed by atoms with Crippen LogP contribution in [0.25, 0.3) is 0 Å². The van der Waals surface area contributed by atoms with Gasteiger partial charge in [-0.05, 0) is 19.3 Å². The zero-order valence-electron chi connectivity index (χ0n) is 10.3. The van der Waals surface area contributed by atoms with E-state index in [-0.39, 0.29) is 30.0 Å². The van der Waals surface area contributed by atoms with Crippen molar-refractivity contribution in [1.82, 2.24) is 4.90 Å². The summed E-state index contributed by atoms with van der Waals surface area (Å²) in [5.41, 5.74) is 0. The molecule has 1 aliphatic rings. The van der Waals surface area contributed by atoms with E-state index < -0.39 is 9.84 Å². The van der Waals surface area contributed by atoms with E-state index in [9.17, 15) is 13.2 Å². The van der Waals surface area contributed by atoms with Gasteiger partial charge in [0.25, 0.3) is 0 Å². The first kappa shape index (κ1) is 15.5. The highest BCUT2D eigenvalue weighted by Crippen LogP contribution is 2.19. The highest BCUT2D eigenvalue weighted by Gasteiger charge is 2.33. The quantitative estimate of drug-likeness (QED) is 0.416. The lowest BCUT2D eigenvalue weighted by molar-refractivity contribution is -0.132. The highest BCUT2D eigenvalue weighted by atomic mass is 79.9. The second-order valence-corrected chi connectivity index (χ2v) is 7.45. The van der Waals surface area contributed by atoms with Crippen LogP contribution in [0.4, 0.5) is 0 Å². The maximum atomic E-state index is 12.0. The fraction of sp³-hybridized carbons (Fsp3) is 0.750. The van der Waals surface area contributed by atoms with Crippen LogP contribution in [0, 0.1) is 12.3 Å². The Balaban J connectivity index is 2.60. The molecule has 0 N–H and O–H groups in total. The van der Waals surface area contributed by atoms with Gasteiger partial charge in [-0.15, -0.1) is 6.42 Å². The Morgan fingerprint density at radius 1 is 1.44 bits per heavy atom. The number of hydrogen-bond acceptors (Lipinski definition) is 3. The van der Waals surface area contributed by atoms with E-state index in [1.807, 2.05) is 0 Å². The van der Waals surface area contributed by atoms with Gasteiger partial charge in [-0.3, -0.25) is 4.79 Å². The number of amides is 1. The van der Waals surface area contributed by atoms with E-state index in [1.54, 1.807) is 4.90 Å². The Kier molecular flexibility index (Phi) is 6.16. The summed E-state index contributed by atoms with van der Waals surface area (Å²) in [4.78, 5) is 13.6. The molecule has 1 unspecified atom stereocenters. The van der Waals surface area contributed by atoms with Crippen molar-refractivity contribution in [2.75, 3.05) is 23.4 Å². The Labute approximate surface area is 117 Å². The normalized spacial score (nSPS) is 21.4. The molecule has 0 aromatic carbocycles. The molecule has 1 atom stereocenters. The van der Waals surface area contributed by atoms with E-state index in [0.29, 0.717) is 12.8 Å². The number of unbranched alkanes of at least 4 members (excludes halogenated alkanes) is 1. The van der Waals surface area contributed by atoms with Gasteiger partial charge in [0.15, 0.2) is 9.84 Å². The number of rotatable bonds is 6. The second-order valence-electron chi connectivity index (χ2n) is 4.43. The van der Waals surface area contributed by atoms with Gasteiger partial charge in [0, 0.05) is 17.8 Å². The van der Waals surface area contributed by atoms with Gasteiger partial charge in [-0.1, -0.05) is 21.9 Å². The number of alkyl halides is 1. The molecule has 1 fully saturated rings. The number of nitrogens with zero attached hydrogens (tertiary/aromatic N) is 1. The number of sulfone groups is 1. The predicted molar refractivity (Wildman–Crippen MR) is 75.2 cm³/mol. The summed E-state index contributed by atoms with van der Waals surface area (Å²) in [5.74, 6) is 2.63. The first-order valence-electron chi connectivity index (χ1n) is 5.99. The molecule has 6 heteroatoms. The van der Waals surface area contributed by atoms with Gasteiger partial charge in [-0.25, -0.2) is 8.42 Å². The van der Waals surface area contributed by atoms with Gasteiger partial charge < -0.3 is 4.90 Å². The highest BCUT2D eigenvalue weighted by molar-refractivity contribution is 9.09. The average Bonchev–Trinajstić information content (AvgIpc) is 2.66. The molecular formula is C12H18BrNO3S. The number of carbonyl (C=O) groups is 1. The first-order chi connectivity index (χ1) is 8.50. The topological polar surface area (TPSA) is 54.5 Å². The molecule has 18 heavy (non-hydrogen) atoms. The van der Waals surface area contributed by atoms with Crippen LogP contribution in [-0.4, -0.2) is 48.6 Å². The number of terminal acetylenes is 1. The number of hydrogen-bond donors (Lipinski definition) is 0. The van der Waals surface area contributed by atoms with E-state index in [1.165, 1.54) is 0 Å². The molecule has 0 radical (unpaired) electrons. The molecule has 102 valence electrons. The first-order valence-corrected chi connectivity index (χ1v) is 8.94. The molecule has 0 saturated carbocycles. The Hall–Kier alpha value is -0.540. The molecular weight excluding hydrogens is 318 g/mol. The third-order valence-electron chi connectivity index (χ3n) is 3.01. The molecule has 0 bridgehead atoms.